The van der Waals surface area contributed by atoms with E-state index in [1.54, 1.807) is 0 Å². The second-order valence-electron chi connectivity index (χ2n) is 9.91. The molecule has 36 heavy (non-hydrogen) atoms. The molecule has 5 rings (SSSR count). The fourth-order valence-corrected chi connectivity index (χ4v) is 5.67. The molecule has 0 N–H and O–H groups in total. The highest BCUT2D eigenvalue weighted by Gasteiger charge is 2.43. The summed E-state index contributed by atoms with van der Waals surface area (Å²) >= 11 is 0. The quantitative estimate of drug-likeness (QED) is 0.233. The predicted octanol–water partition coefficient (Wildman–Crippen LogP) is 6.12. The van der Waals surface area contributed by atoms with Crippen LogP contribution in [0.3, 0.4) is 0 Å². The van der Waals surface area contributed by atoms with E-state index in [0.29, 0.717) is 19.3 Å². The van der Waals surface area contributed by atoms with Gasteiger partial charge in [-0.3, -0.25) is 14.5 Å². The zero-order chi connectivity index (χ0) is 25.0. The maximum Gasteiger partial charge on any atom is 0.233 e. The van der Waals surface area contributed by atoms with Crippen molar-refractivity contribution in [1.29, 1.82) is 0 Å². The number of hydrogen-bond donors (Lipinski definition) is 0. The molecule has 2 amide bonds. The van der Waals surface area contributed by atoms with Gasteiger partial charge in [0.05, 0.1) is 12.6 Å². The lowest BCUT2D eigenvalue weighted by molar-refractivity contribution is -0.150. The van der Waals surface area contributed by atoms with Crippen LogP contribution in [0.1, 0.15) is 49.3 Å². The normalized spacial score (nSPS) is 22.1. The third kappa shape index (κ3) is 4.54. The largest absolute Gasteiger partial charge is 0.359 e. The molecule has 0 aromatic heterocycles. The van der Waals surface area contributed by atoms with Crippen molar-refractivity contribution in [3.05, 3.63) is 120 Å². The van der Waals surface area contributed by atoms with E-state index in [1.165, 1.54) is 4.90 Å². The molecule has 1 aliphatic heterocycles. The van der Waals surface area contributed by atoms with Crippen LogP contribution in [0.4, 0.5) is 0 Å². The van der Waals surface area contributed by atoms with Gasteiger partial charge in [-0.1, -0.05) is 110 Å². The minimum absolute atomic E-state index is 0.0484. The van der Waals surface area contributed by atoms with Crippen molar-refractivity contribution < 1.29 is 14.3 Å². The van der Waals surface area contributed by atoms with Crippen molar-refractivity contribution in [3.8, 4) is 0 Å². The molecule has 0 bridgehead atoms. The molecule has 1 aliphatic carbocycles. The number of benzene rings is 3. The van der Waals surface area contributed by atoms with E-state index in [2.05, 4.69) is 55.5 Å². The first-order valence-corrected chi connectivity index (χ1v) is 12.9. The lowest BCUT2D eigenvalue weighted by Crippen LogP contribution is -2.47. The lowest BCUT2D eigenvalue weighted by atomic mass is 9.80. The Balaban J connectivity index is 1.51. The highest BCUT2D eigenvalue weighted by atomic mass is 16.5. The molecule has 0 saturated carbocycles. The van der Waals surface area contributed by atoms with Gasteiger partial charge >= 0.3 is 0 Å². The van der Waals surface area contributed by atoms with Crippen LogP contribution in [0.25, 0.3) is 0 Å². The number of hydrogen-bond acceptors (Lipinski definition) is 3. The fourth-order valence-electron chi connectivity index (χ4n) is 5.67. The number of carbonyl (C=O) groups excluding carboxylic acids is 2. The molecule has 3 atom stereocenters. The van der Waals surface area contributed by atoms with Crippen molar-refractivity contribution in [2.75, 3.05) is 6.61 Å². The predicted molar refractivity (Wildman–Crippen MR) is 141 cm³/mol. The van der Waals surface area contributed by atoms with Gasteiger partial charge in [-0.2, -0.15) is 0 Å². The van der Waals surface area contributed by atoms with Crippen LogP contribution in [-0.2, 0) is 19.9 Å². The molecule has 3 aromatic carbocycles. The van der Waals surface area contributed by atoms with Crippen molar-refractivity contribution in [2.24, 2.45) is 11.8 Å². The van der Waals surface area contributed by atoms with Gasteiger partial charge in [0.15, 0.2) is 0 Å². The van der Waals surface area contributed by atoms with Gasteiger partial charge in [-0.05, 0) is 41.9 Å². The Kier molecular flexibility index (Phi) is 7.15. The minimum atomic E-state index is -0.870. The highest BCUT2D eigenvalue weighted by Crippen LogP contribution is 2.41. The summed E-state index contributed by atoms with van der Waals surface area (Å²) in [5, 5.41) is 0. The van der Waals surface area contributed by atoms with Crippen LogP contribution in [0.15, 0.2) is 103 Å². The number of likely N-dealkylation sites (tertiary alicyclic amines) is 1. The maximum atomic E-state index is 13.6. The van der Waals surface area contributed by atoms with Crippen LogP contribution in [0.2, 0.25) is 0 Å². The van der Waals surface area contributed by atoms with Crippen molar-refractivity contribution in [3.63, 3.8) is 0 Å². The molecule has 0 unspecified atom stereocenters. The second-order valence-corrected chi connectivity index (χ2v) is 9.91. The Morgan fingerprint density at radius 3 is 1.83 bits per heavy atom. The number of ether oxygens (including phenoxy) is 1. The number of imide groups is 1. The van der Waals surface area contributed by atoms with Crippen molar-refractivity contribution >= 4 is 11.8 Å². The van der Waals surface area contributed by atoms with Crippen LogP contribution >= 0.6 is 0 Å². The minimum Gasteiger partial charge on any atom is -0.359 e. The summed E-state index contributed by atoms with van der Waals surface area (Å²) in [5.74, 6) is -0.0519. The molecule has 2 aliphatic rings. The Morgan fingerprint density at radius 2 is 1.33 bits per heavy atom. The average molecular weight is 480 g/mol. The standard InChI is InChI=1S/C32H33NO3/c1-24-13-11-12-20-29(24)31(35)33-28(21-22-30(33)34)23-36-32(25-14-5-2-6-15-25,26-16-7-3-8-17-26)27-18-9-4-10-19-27/h2-12,14-19,24,28-29H,13,20-23H2,1H3/t24-,28+,29-/m1/s1. The second kappa shape index (κ2) is 10.6. The number of nitrogens with zero attached hydrogens (tertiary/aromatic N) is 1. The number of rotatable bonds is 7. The van der Waals surface area contributed by atoms with Gasteiger partial charge < -0.3 is 4.74 Å². The molecular formula is C32H33NO3. The van der Waals surface area contributed by atoms with Gasteiger partial charge in [0.25, 0.3) is 0 Å². The lowest BCUT2D eigenvalue weighted by Gasteiger charge is -2.38. The van der Waals surface area contributed by atoms with Crippen LogP contribution in [-0.4, -0.2) is 29.4 Å². The summed E-state index contributed by atoms with van der Waals surface area (Å²) in [6, 6.07) is 30.3. The SMILES string of the molecule is C[C@@H]1CC=CC[C@H]1C(=O)N1C(=O)CC[C@H]1COC(c1ccccc1)(c1ccccc1)c1ccccc1. The van der Waals surface area contributed by atoms with E-state index in [4.69, 9.17) is 4.74 Å². The first-order valence-electron chi connectivity index (χ1n) is 12.9. The van der Waals surface area contributed by atoms with Gasteiger partial charge in [0.2, 0.25) is 11.8 Å². The third-order valence-electron chi connectivity index (χ3n) is 7.66. The fraction of sp³-hybridized carbons (Fsp3) is 0.312. The summed E-state index contributed by atoms with van der Waals surface area (Å²) < 4.78 is 6.95. The smallest absolute Gasteiger partial charge is 0.233 e. The Morgan fingerprint density at radius 1 is 0.833 bits per heavy atom. The van der Waals surface area contributed by atoms with Gasteiger partial charge in [-0.25, -0.2) is 0 Å². The monoisotopic (exact) mass is 479 g/mol. The van der Waals surface area contributed by atoms with Crippen molar-refractivity contribution in [1.82, 2.24) is 4.90 Å². The molecular weight excluding hydrogens is 446 g/mol. The van der Waals surface area contributed by atoms with E-state index in [-0.39, 0.29) is 36.3 Å². The molecule has 4 heteroatoms. The first-order chi connectivity index (χ1) is 17.6. The topological polar surface area (TPSA) is 46.6 Å². The molecule has 0 spiro atoms. The highest BCUT2D eigenvalue weighted by molar-refractivity contribution is 5.98. The summed E-state index contributed by atoms with van der Waals surface area (Å²) in [5.41, 5.74) is 2.16. The number of carbonyl (C=O) groups is 2. The summed E-state index contributed by atoms with van der Waals surface area (Å²) in [4.78, 5) is 28.0. The van der Waals surface area contributed by atoms with E-state index >= 15 is 0 Å². The Bertz CT molecular complexity index is 1110. The Hall–Kier alpha value is -3.50. The van der Waals surface area contributed by atoms with Gasteiger partial charge in [-0.15, -0.1) is 0 Å². The molecule has 1 fully saturated rings. The summed E-state index contributed by atoms with van der Waals surface area (Å²) in [6.07, 6.45) is 6.77. The molecule has 3 aromatic rings. The molecule has 184 valence electrons. The van der Waals surface area contributed by atoms with Crippen LogP contribution in [0.5, 0.6) is 0 Å². The number of allylic oxidation sites excluding steroid dienone is 2. The molecule has 4 nitrogen and oxygen atoms in total. The number of amides is 2. The van der Waals surface area contributed by atoms with E-state index < -0.39 is 5.60 Å². The first kappa shape index (κ1) is 24.2. The van der Waals surface area contributed by atoms with Crippen LogP contribution in [0, 0.1) is 11.8 Å². The summed E-state index contributed by atoms with van der Waals surface area (Å²) in [6.45, 7) is 2.37. The zero-order valence-electron chi connectivity index (χ0n) is 20.8. The molecule has 0 radical (unpaired) electrons. The average Bonchev–Trinajstić information content (AvgIpc) is 3.31. The Labute approximate surface area is 213 Å². The molecule has 1 saturated heterocycles. The summed E-state index contributed by atoms with van der Waals surface area (Å²) in [7, 11) is 0. The van der Waals surface area contributed by atoms with Crippen molar-refractivity contribution in [2.45, 2.75) is 44.2 Å². The maximum absolute atomic E-state index is 13.6. The van der Waals surface area contributed by atoms with E-state index in [9.17, 15) is 9.59 Å². The molecule has 1 heterocycles. The van der Waals surface area contributed by atoms with Crippen LogP contribution < -0.4 is 0 Å². The zero-order valence-corrected chi connectivity index (χ0v) is 20.8. The van der Waals surface area contributed by atoms with Gasteiger partial charge in [0.1, 0.15) is 5.60 Å². The third-order valence-corrected chi connectivity index (χ3v) is 7.66. The van der Waals surface area contributed by atoms with E-state index in [0.717, 1.165) is 23.1 Å². The van der Waals surface area contributed by atoms with Gasteiger partial charge in [0, 0.05) is 12.3 Å². The van der Waals surface area contributed by atoms with E-state index in [1.807, 2.05) is 54.6 Å².